The Morgan fingerprint density at radius 1 is 1.42 bits per heavy atom. The summed E-state index contributed by atoms with van der Waals surface area (Å²) < 4.78 is 24.6. The Hall–Kier alpha value is -1.32. The molecule has 0 aliphatic carbocycles. The van der Waals surface area contributed by atoms with Gasteiger partial charge in [-0.2, -0.15) is 0 Å². The predicted molar refractivity (Wildman–Crippen MR) is 72.1 cm³/mol. The fourth-order valence-electron chi connectivity index (χ4n) is 1.68. The molecule has 0 radical (unpaired) electrons. The molecule has 0 aliphatic heterocycles. The number of hydrogen-bond acceptors (Lipinski definition) is 6. The lowest BCUT2D eigenvalue weighted by Crippen LogP contribution is -2.20. The highest BCUT2D eigenvalue weighted by atomic mass is 32.2. The molecule has 0 saturated carbocycles. The number of nitrogens with two attached hydrogens (primary N) is 1. The first-order valence-electron chi connectivity index (χ1n) is 5.68. The van der Waals surface area contributed by atoms with Crippen LogP contribution in [0, 0.1) is 12.8 Å². The van der Waals surface area contributed by atoms with Crippen LogP contribution in [0.2, 0.25) is 0 Å². The van der Waals surface area contributed by atoms with Crippen LogP contribution >= 0.6 is 11.3 Å². The van der Waals surface area contributed by atoms with Gasteiger partial charge in [0.15, 0.2) is 5.82 Å². The summed E-state index contributed by atoms with van der Waals surface area (Å²) in [6.07, 6.45) is 1.66. The third-order valence-electron chi connectivity index (χ3n) is 2.36. The van der Waals surface area contributed by atoms with E-state index in [1.54, 1.807) is 6.20 Å². The zero-order chi connectivity index (χ0) is 14.2. The van der Waals surface area contributed by atoms with Crippen LogP contribution in [-0.2, 0) is 16.6 Å². The number of aromatic nitrogens is 4. The second kappa shape index (κ2) is 4.99. The van der Waals surface area contributed by atoms with E-state index in [0.29, 0.717) is 12.4 Å². The van der Waals surface area contributed by atoms with Crippen molar-refractivity contribution >= 4 is 21.4 Å². The molecular formula is C10H15N5O2S2. The van der Waals surface area contributed by atoms with Gasteiger partial charge in [-0.1, -0.05) is 13.8 Å². The molecule has 0 atom stereocenters. The quantitative estimate of drug-likeness (QED) is 0.907. The van der Waals surface area contributed by atoms with Crippen LogP contribution in [-0.4, -0.2) is 28.2 Å². The van der Waals surface area contributed by atoms with Crippen molar-refractivity contribution in [1.82, 2.24) is 19.7 Å². The maximum absolute atomic E-state index is 11.5. The molecule has 2 heterocycles. The summed E-state index contributed by atoms with van der Waals surface area (Å²) >= 11 is 1.44. The van der Waals surface area contributed by atoms with Crippen LogP contribution in [0.1, 0.15) is 18.9 Å². The average molecular weight is 301 g/mol. The maximum Gasteiger partial charge on any atom is 0.273 e. The molecule has 0 amide bonds. The Morgan fingerprint density at radius 2 is 2.11 bits per heavy atom. The zero-order valence-corrected chi connectivity index (χ0v) is 12.5. The van der Waals surface area contributed by atoms with E-state index in [9.17, 15) is 8.42 Å². The summed E-state index contributed by atoms with van der Waals surface area (Å²) in [6.45, 7) is 6.31. The Bertz CT molecular complexity index is 687. The number of rotatable bonds is 4. The van der Waals surface area contributed by atoms with E-state index >= 15 is 0 Å². The van der Waals surface area contributed by atoms with Gasteiger partial charge >= 0.3 is 0 Å². The van der Waals surface area contributed by atoms with Crippen molar-refractivity contribution in [2.45, 2.75) is 32.5 Å². The van der Waals surface area contributed by atoms with Crippen LogP contribution < -0.4 is 5.14 Å². The van der Waals surface area contributed by atoms with Crippen LogP contribution in [0.5, 0.6) is 0 Å². The van der Waals surface area contributed by atoms with Gasteiger partial charge in [0.25, 0.3) is 15.2 Å². The fourth-order valence-corrected chi connectivity index (χ4v) is 3.07. The topological polar surface area (TPSA) is 104 Å². The van der Waals surface area contributed by atoms with Crippen molar-refractivity contribution in [3.63, 3.8) is 0 Å². The molecule has 0 aliphatic rings. The number of nitrogens with zero attached hydrogens (tertiary/aromatic N) is 4. The molecule has 9 heteroatoms. The largest absolute Gasteiger partial charge is 0.296 e. The van der Waals surface area contributed by atoms with Crippen LogP contribution in [0.15, 0.2) is 11.4 Å². The van der Waals surface area contributed by atoms with Gasteiger partial charge < -0.3 is 0 Å². The van der Waals surface area contributed by atoms with Gasteiger partial charge in [0.1, 0.15) is 0 Å². The van der Waals surface area contributed by atoms with Crippen LogP contribution in [0.25, 0.3) is 10.7 Å². The van der Waals surface area contributed by atoms with Crippen molar-refractivity contribution in [3.8, 4) is 10.7 Å². The van der Waals surface area contributed by atoms with Gasteiger partial charge in [0.05, 0.1) is 9.88 Å². The maximum atomic E-state index is 11.5. The molecule has 2 rings (SSSR count). The smallest absolute Gasteiger partial charge is 0.273 e. The summed E-state index contributed by atoms with van der Waals surface area (Å²) in [5.74, 6) is 0.729. The fraction of sp³-hybridized carbons (Fsp3) is 0.500. The van der Waals surface area contributed by atoms with Crippen molar-refractivity contribution < 1.29 is 8.42 Å². The van der Waals surface area contributed by atoms with Gasteiger partial charge in [-0.25, -0.2) is 18.5 Å². The molecule has 0 aromatic carbocycles. The molecule has 19 heavy (non-hydrogen) atoms. The van der Waals surface area contributed by atoms with E-state index in [4.69, 9.17) is 5.14 Å². The number of hydrogen-bond donors (Lipinski definition) is 1. The van der Waals surface area contributed by atoms with Crippen molar-refractivity contribution in [2.75, 3.05) is 0 Å². The molecule has 104 valence electrons. The highest BCUT2D eigenvalue weighted by Gasteiger charge is 2.23. The first-order valence-corrected chi connectivity index (χ1v) is 8.04. The molecule has 0 fully saturated rings. The minimum atomic E-state index is -3.89. The lowest BCUT2D eigenvalue weighted by Gasteiger charge is -2.10. The van der Waals surface area contributed by atoms with Gasteiger partial charge in [-0.15, -0.1) is 21.5 Å². The van der Waals surface area contributed by atoms with E-state index in [1.165, 1.54) is 15.9 Å². The first-order chi connectivity index (χ1) is 8.79. The van der Waals surface area contributed by atoms with Crippen molar-refractivity contribution in [3.05, 3.63) is 11.2 Å². The second-order valence-electron chi connectivity index (χ2n) is 4.60. The minimum Gasteiger partial charge on any atom is -0.296 e. The highest BCUT2D eigenvalue weighted by Crippen LogP contribution is 2.26. The van der Waals surface area contributed by atoms with Crippen LogP contribution in [0.4, 0.5) is 0 Å². The van der Waals surface area contributed by atoms with E-state index in [2.05, 4.69) is 15.2 Å². The Labute approximate surface area is 115 Å². The van der Waals surface area contributed by atoms with Gasteiger partial charge in [-0.05, 0) is 12.8 Å². The average Bonchev–Trinajstić information content (AvgIpc) is 2.82. The zero-order valence-electron chi connectivity index (χ0n) is 10.9. The first kappa shape index (κ1) is 14.1. The standard InChI is InChI=1S/C10H15N5O2S2/c1-6(2)5-15-9(8-4-12-7(3)18-8)13-14-10(15)19(11,16)17/h4,6H,5H2,1-3H3,(H2,11,16,17). The lowest BCUT2D eigenvalue weighted by atomic mass is 10.2. The molecule has 7 nitrogen and oxygen atoms in total. The second-order valence-corrected chi connectivity index (χ2v) is 7.29. The molecular weight excluding hydrogens is 286 g/mol. The van der Waals surface area contributed by atoms with Gasteiger partial charge in [-0.3, -0.25) is 4.57 Å². The monoisotopic (exact) mass is 301 g/mol. The van der Waals surface area contributed by atoms with Gasteiger partial charge in [0.2, 0.25) is 0 Å². The lowest BCUT2D eigenvalue weighted by molar-refractivity contribution is 0.486. The number of thiazole rings is 1. The summed E-state index contributed by atoms with van der Waals surface area (Å²) in [6, 6.07) is 0. The molecule has 0 bridgehead atoms. The van der Waals surface area contributed by atoms with Crippen LogP contribution in [0.3, 0.4) is 0 Å². The third kappa shape index (κ3) is 2.99. The van der Waals surface area contributed by atoms with Crippen molar-refractivity contribution in [1.29, 1.82) is 0 Å². The molecule has 2 N–H and O–H groups in total. The summed E-state index contributed by atoms with van der Waals surface area (Å²) in [5.41, 5.74) is 0. The number of aryl methyl sites for hydroxylation is 1. The van der Waals surface area contributed by atoms with Gasteiger partial charge in [0, 0.05) is 12.7 Å². The number of primary sulfonamides is 1. The molecule has 2 aromatic rings. The summed E-state index contributed by atoms with van der Waals surface area (Å²) in [5, 5.41) is 13.5. The summed E-state index contributed by atoms with van der Waals surface area (Å²) in [4.78, 5) is 4.92. The normalized spacial score (nSPS) is 12.3. The van der Waals surface area contributed by atoms with E-state index in [0.717, 1.165) is 9.88 Å². The van der Waals surface area contributed by atoms with Crippen molar-refractivity contribution in [2.24, 2.45) is 11.1 Å². The number of sulfonamides is 1. The molecule has 0 saturated heterocycles. The third-order valence-corrected chi connectivity index (χ3v) is 4.08. The van der Waals surface area contributed by atoms with E-state index in [-0.39, 0.29) is 11.1 Å². The minimum absolute atomic E-state index is 0.206. The Balaban J connectivity index is 2.59. The van der Waals surface area contributed by atoms with E-state index in [1.807, 2.05) is 20.8 Å². The highest BCUT2D eigenvalue weighted by molar-refractivity contribution is 7.89. The SMILES string of the molecule is Cc1ncc(-c2nnc(S(N)(=O)=O)n2CC(C)C)s1. The summed E-state index contributed by atoms with van der Waals surface area (Å²) in [7, 11) is -3.89. The Morgan fingerprint density at radius 3 is 2.58 bits per heavy atom. The predicted octanol–water partition coefficient (Wildman–Crippen LogP) is 1.01. The molecule has 0 unspecified atom stereocenters. The van der Waals surface area contributed by atoms with E-state index < -0.39 is 10.0 Å². The molecule has 0 spiro atoms. The Kier molecular flexibility index (Phi) is 3.70. The molecule has 2 aromatic heterocycles.